The molecule has 0 saturated carbocycles. The van der Waals surface area contributed by atoms with Crippen molar-refractivity contribution in [2.24, 2.45) is 0 Å². The van der Waals surface area contributed by atoms with Gasteiger partial charge in [0, 0.05) is 6.42 Å². The minimum atomic E-state index is -1.57. The first-order valence-corrected chi connectivity index (χ1v) is 37.1. The largest absolute Gasteiger partial charge is 0.394 e. The molecule has 7 atom stereocenters. The Kier molecular flexibility index (Phi) is 61.1. The number of aliphatic hydroxyl groups is 5. The van der Waals surface area contributed by atoms with E-state index < -0.39 is 49.5 Å². The third-order valence-electron chi connectivity index (χ3n) is 18.0. The molecule has 1 rings (SSSR count). The van der Waals surface area contributed by atoms with Gasteiger partial charge in [-0.15, -0.1) is 0 Å². The van der Waals surface area contributed by atoms with Crippen molar-refractivity contribution in [3.05, 3.63) is 24.3 Å². The van der Waals surface area contributed by atoms with Crippen molar-refractivity contribution in [2.75, 3.05) is 13.2 Å². The summed E-state index contributed by atoms with van der Waals surface area (Å²) in [5.74, 6) is -0.177. The number of nitrogens with one attached hydrogen (secondary N) is 1. The topological polar surface area (TPSA) is 149 Å². The van der Waals surface area contributed by atoms with Crippen LogP contribution < -0.4 is 5.32 Å². The van der Waals surface area contributed by atoms with Gasteiger partial charge in [-0.25, -0.2) is 0 Å². The fraction of sp³-hybridized carbons (Fsp3) is 0.932. The second kappa shape index (κ2) is 63.7. The van der Waals surface area contributed by atoms with Gasteiger partial charge in [-0.3, -0.25) is 4.79 Å². The van der Waals surface area contributed by atoms with E-state index in [1.807, 2.05) is 6.08 Å². The molecule has 0 aromatic heterocycles. The van der Waals surface area contributed by atoms with Crippen LogP contribution in [-0.2, 0) is 14.3 Å². The molecule has 0 aromatic carbocycles. The second-order valence-electron chi connectivity index (χ2n) is 26.1. The Morgan fingerprint density at radius 1 is 0.398 bits per heavy atom. The van der Waals surface area contributed by atoms with E-state index in [2.05, 4.69) is 31.3 Å². The summed E-state index contributed by atoms with van der Waals surface area (Å²) in [7, 11) is 0. The van der Waals surface area contributed by atoms with Gasteiger partial charge < -0.3 is 40.3 Å². The Hall–Kier alpha value is -1.33. The van der Waals surface area contributed by atoms with E-state index in [-0.39, 0.29) is 12.5 Å². The lowest BCUT2D eigenvalue weighted by atomic mass is 9.99. The van der Waals surface area contributed by atoms with E-state index in [9.17, 15) is 30.3 Å². The van der Waals surface area contributed by atoms with Crippen LogP contribution in [0.3, 0.4) is 0 Å². The van der Waals surface area contributed by atoms with E-state index in [1.54, 1.807) is 6.08 Å². The van der Waals surface area contributed by atoms with Crippen LogP contribution >= 0.6 is 0 Å². The summed E-state index contributed by atoms with van der Waals surface area (Å²) in [6.07, 6.45) is 77.4. The summed E-state index contributed by atoms with van der Waals surface area (Å²) in [5, 5.41) is 54.8. The zero-order valence-corrected chi connectivity index (χ0v) is 55.2. The third kappa shape index (κ3) is 52.3. The number of carbonyl (C=O) groups is 1. The smallest absolute Gasteiger partial charge is 0.220 e. The Morgan fingerprint density at radius 2 is 0.687 bits per heavy atom. The summed E-state index contributed by atoms with van der Waals surface area (Å²) >= 11 is 0. The average Bonchev–Trinajstić information content (AvgIpc) is 3.50. The maximum absolute atomic E-state index is 13.1. The van der Waals surface area contributed by atoms with Gasteiger partial charge in [0.1, 0.15) is 24.4 Å². The molecule has 6 N–H and O–H groups in total. The molecule has 1 heterocycles. The van der Waals surface area contributed by atoms with Gasteiger partial charge in [0.25, 0.3) is 0 Å². The zero-order valence-electron chi connectivity index (χ0n) is 55.2. The highest BCUT2D eigenvalue weighted by molar-refractivity contribution is 5.76. The summed E-state index contributed by atoms with van der Waals surface area (Å²) in [5.41, 5.74) is 0. The first-order valence-electron chi connectivity index (χ1n) is 37.1. The monoisotopic (exact) mass is 1170 g/mol. The number of ether oxygens (including phenoxy) is 2. The Balaban J connectivity index is 2.11. The molecule has 0 aliphatic carbocycles. The lowest BCUT2D eigenvalue weighted by Gasteiger charge is -2.40. The molecule has 83 heavy (non-hydrogen) atoms. The van der Waals surface area contributed by atoms with Crippen LogP contribution in [0.25, 0.3) is 0 Å². The minimum absolute atomic E-state index is 0.177. The predicted octanol–water partition coefficient (Wildman–Crippen LogP) is 20.4. The summed E-state index contributed by atoms with van der Waals surface area (Å²) < 4.78 is 11.3. The standard InChI is InChI=1S/C74H143NO8/c1-3-5-7-9-11-13-15-17-19-21-23-25-27-29-31-33-34-36-38-40-42-44-46-48-50-52-54-56-58-60-62-64-70(78)75-67(66-82-74-73(81)72(80)71(79)69(65-76)83-74)68(77)63-61-59-57-55-53-51-49-47-45-43-41-39-37-35-32-30-28-26-24-22-20-18-16-14-12-10-8-6-4-2/h53,55,61,63,67-69,71-74,76-77,79-81H,3-52,54,56-60,62,64-66H2,1-2H3,(H,75,78)/b55-53+,63-61+. The highest BCUT2D eigenvalue weighted by Gasteiger charge is 2.44. The maximum Gasteiger partial charge on any atom is 0.220 e. The van der Waals surface area contributed by atoms with Crippen LogP contribution in [0.4, 0.5) is 0 Å². The van der Waals surface area contributed by atoms with Crippen LogP contribution in [0, 0.1) is 0 Å². The lowest BCUT2D eigenvalue weighted by Crippen LogP contribution is -2.60. The van der Waals surface area contributed by atoms with Gasteiger partial charge in [-0.2, -0.15) is 0 Å². The lowest BCUT2D eigenvalue weighted by molar-refractivity contribution is -0.302. The van der Waals surface area contributed by atoms with Crippen molar-refractivity contribution in [2.45, 2.75) is 429 Å². The first-order chi connectivity index (χ1) is 40.8. The molecule has 1 fully saturated rings. The SMILES string of the molecule is CCCCCCCCCCCCCCCCCCCCCCCCC/C=C/CC/C=C/C(O)C(COC1OC(CO)C(O)C(O)C1O)NC(=O)CCCCCCCCCCCCCCCCCCCCCCCCCCCCCCCCC. The molecule has 9 heteroatoms. The summed E-state index contributed by atoms with van der Waals surface area (Å²) in [4.78, 5) is 13.1. The van der Waals surface area contributed by atoms with Crippen molar-refractivity contribution < 1.29 is 39.8 Å². The van der Waals surface area contributed by atoms with E-state index in [1.165, 1.54) is 327 Å². The van der Waals surface area contributed by atoms with Gasteiger partial charge in [0.15, 0.2) is 6.29 Å². The Bertz CT molecular complexity index is 1360. The van der Waals surface area contributed by atoms with Crippen LogP contribution in [0.5, 0.6) is 0 Å². The van der Waals surface area contributed by atoms with Crippen molar-refractivity contribution in [1.82, 2.24) is 5.32 Å². The second-order valence-corrected chi connectivity index (χ2v) is 26.1. The molecule has 1 saturated heterocycles. The van der Waals surface area contributed by atoms with Crippen LogP contribution in [0.1, 0.15) is 386 Å². The van der Waals surface area contributed by atoms with E-state index in [0.717, 1.165) is 38.5 Å². The van der Waals surface area contributed by atoms with E-state index >= 15 is 0 Å². The third-order valence-corrected chi connectivity index (χ3v) is 18.0. The average molecular weight is 1170 g/mol. The molecule has 1 aliphatic heterocycles. The highest BCUT2D eigenvalue weighted by atomic mass is 16.7. The van der Waals surface area contributed by atoms with E-state index in [4.69, 9.17) is 9.47 Å². The number of rotatable bonds is 66. The minimum Gasteiger partial charge on any atom is -0.394 e. The molecule has 0 radical (unpaired) electrons. The molecule has 1 amide bonds. The van der Waals surface area contributed by atoms with E-state index in [0.29, 0.717) is 6.42 Å². The number of hydrogen-bond donors (Lipinski definition) is 6. The van der Waals surface area contributed by atoms with Crippen LogP contribution in [-0.4, -0.2) is 87.5 Å². The number of amides is 1. The molecule has 7 unspecified atom stereocenters. The normalized spacial score (nSPS) is 18.3. The first kappa shape index (κ1) is 79.7. The van der Waals surface area contributed by atoms with Crippen molar-refractivity contribution >= 4 is 5.91 Å². The Morgan fingerprint density at radius 3 is 1.01 bits per heavy atom. The van der Waals surface area contributed by atoms with Crippen LogP contribution in [0.15, 0.2) is 24.3 Å². The van der Waals surface area contributed by atoms with Crippen LogP contribution in [0.2, 0.25) is 0 Å². The number of carbonyl (C=O) groups excluding carboxylic acids is 1. The molecular weight excluding hydrogens is 1030 g/mol. The van der Waals surface area contributed by atoms with Gasteiger partial charge in [-0.05, 0) is 32.1 Å². The number of hydrogen-bond acceptors (Lipinski definition) is 8. The zero-order chi connectivity index (χ0) is 60.0. The molecule has 9 nitrogen and oxygen atoms in total. The van der Waals surface area contributed by atoms with Crippen molar-refractivity contribution in [3.8, 4) is 0 Å². The molecule has 0 bridgehead atoms. The fourth-order valence-corrected chi connectivity index (χ4v) is 12.2. The number of aliphatic hydroxyl groups excluding tert-OH is 5. The molecule has 492 valence electrons. The molecule has 1 aliphatic rings. The summed E-state index contributed by atoms with van der Waals surface area (Å²) in [6.45, 7) is 3.83. The molecule has 0 spiro atoms. The number of unbranched alkanes of at least 4 members (excludes halogenated alkanes) is 54. The van der Waals surface area contributed by atoms with Crippen molar-refractivity contribution in [1.29, 1.82) is 0 Å². The fourth-order valence-electron chi connectivity index (χ4n) is 12.2. The summed E-state index contributed by atoms with van der Waals surface area (Å²) in [6, 6.07) is -0.820. The predicted molar refractivity (Wildman–Crippen MR) is 355 cm³/mol. The number of allylic oxidation sites excluding steroid dienone is 3. The Labute approximate surface area is 515 Å². The molecular formula is C74H143NO8. The van der Waals surface area contributed by atoms with Gasteiger partial charge in [-0.1, -0.05) is 372 Å². The quantitative estimate of drug-likeness (QED) is 0.0261. The van der Waals surface area contributed by atoms with Gasteiger partial charge in [0.05, 0.1) is 25.4 Å². The van der Waals surface area contributed by atoms with Crippen molar-refractivity contribution in [3.63, 3.8) is 0 Å². The highest BCUT2D eigenvalue weighted by Crippen LogP contribution is 2.24. The van der Waals surface area contributed by atoms with Gasteiger partial charge in [0.2, 0.25) is 5.91 Å². The van der Waals surface area contributed by atoms with Gasteiger partial charge >= 0.3 is 0 Å². The maximum atomic E-state index is 13.1. The molecule has 0 aromatic rings.